The van der Waals surface area contributed by atoms with Gasteiger partial charge in [0.2, 0.25) is 10.0 Å². The molecular weight excluding hydrogens is 330 g/mol. The highest BCUT2D eigenvalue weighted by Gasteiger charge is 2.56. The maximum atomic E-state index is 12.7. The lowest BCUT2D eigenvalue weighted by atomic mass is 9.74. The van der Waals surface area contributed by atoms with Crippen molar-refractivity contribution in [1.29, 1.82) is 0 Å². The Morgan fingerprint density at radius 3 is 2.64 bits per heavy atom. The van der Waals surface area contributed by atoms with Crippen molar-refractivity contribution in [1.82, 2.24) is 4.31 Å². The van der Waals surface area contributed by atoms with Crippen LogP contribution in [0.3, 0.4) is 0 Å². The number of halogens is 1. The zero-order valence-corrected chi connectivity index (χ0v) is 13.3. The number of carboxylic acid groups (broad SMARTS) is 1. The van der Waals surface area contributed by atoms with E-state index in [0.717, 1.165) is 0 Å². The van der Waals surface area contributed by atoms with Crippen LogP contribution in [-0.2, 0) is 19.6 Å². The van der Waals surface area contributed by atoms with Crippen LogP contribution in [0.4, 0.5) is 0 Å². The van der Waals surface area contributed by atoms with Crippen LogP contribution in [0.2, 0.25) is 5.02 Å². The number of hydrogen-bond acceptors (Lipinski definition) is 4. The smallest absolute Gasteiger partial charge is 0.311 e. The predicted octanol–water partition coefficient (Wildman–Crippen LogP) is 1.45. The first-order chi connectivity index (χ1) is 10.4. The number of sulfonamides is 1. The van der Waals surface area contributed by atoms with Crippen LogP contribution in [0.5, 0.6) is 0 Å². The molecule has 0 spiro atoms. The van der Waals surface area contributed by atoms with Gasteiger partial charge in [0.25, 0.3) is 0 Å². The zero-order valence-electron chi connectivity index (χ0n) is 11.7. The number of benzene rings is 1. The Balaban J connectivity index is 1.93. The first kappa shape index (κ1) is 15.7. The van der Waals surface area contributed by atoms with Crippen molar-refractivity contribution in [3.05, 3.63) is 29.3 Å². The van der Waals surface area contributed by atoms with Gasteiger partial charge in [0.15, 0.2) is 0 Å². The minimum Gasteiger partial charge on any atom is -0.481 e. The Labute approximate surface area is 133 Å². The monoisotopic (exact) mass is 345 g/mol. The average Bonchev–Trinajstić information content (AvgIpc) is 2.89. The molecule has 0 unspecified atom stereocenters. The molecule has 0 bridgehead atoms. The fourth-order valence-electron chi connectivity index (χ4n) is 3.19. The van der Waals surface area contributed by atoms with E-state index in [2.05, 4.69) is 0 Å². The van der Waals surface area contributed by atoms with Crippen molar-refractivity contribution in [2.24, 2.45) is 11.3 Å². The molecule has 2 atom stereocenters. The third kappa shape index (κ3) is 2.42. The molecule has 0 radical (unpaired) electrons. The summed E-state index contributed by atoms with van der Waals surface area (Å²) in [5, 5.41) is 10.0. The first-order valence-electron chi connectivity index (χ1n) is 6.93. The summed E-state index contributed by atoms with van der Waals surface area (Å²) in [7, 11) is -3.73. The number of aliphatic carboxylic acids is 1. The Bertz CT molecular complexity index is 690. The Kier molecular flexibility index (Phi) is 3.92. The van der Waals surface area contributed by atoms with E-state index in [9.17, 15) is 18.3 Å². The molecule has 0 amide bonds. The topological polar surface area (TPSA) is 83.9 Å². The van der Waals surface area contributed by atoms with E-state index >= 15 is 0 Å². The molecule has 2 heterocycles. The molecular formula is C14H16ClNO5S. The van der Waals surface area contributed by atoms with Gasteiger partial charge < -0.3 is 9.84 Å². The van der Waals surface area contributed by atoms with E-state index in [-0.39, 0.29) is 30.5 Å². The molecule has 22 heavy (non-hydrogen) atoms. The van der Waals surface area contributed by atoms with Gasteiger partial charge in [-0.3, -0.25) is 4.79 Å². The van der Waals surface area contributed by atoms with Crippen LogP contribution in [0, 0.1) is 11.3 Å². The number of nitrogens with zero attached hydrogens (tertiary/aromatic N) is 1. The molecule has 120 valence electrons. The number of ether oxygens (including phenoxy) is 1. The quantitative estimate of drug-likeness (QED) is 0.896. The molecule has 0 aromatic heterocycles. The van der Waals surface area contributed by atoms with Crippen molar-refractivity contribution in [3.8, 4) is 0 Å². The molecule has 3 rings (SSSR count). The van der Waals surface area contributed by atoms with E-state index in [1.165, 1.54) is 28.6 Å². The predicted molar refractivity (Wildman–Crippen MR) is 79.2 cm³/mol. The van der Waals surface area contributed by atoms with E-state index in [0.29, 0.717) is 18.1 Å². The second kappa shape index (κ2) is 5.49. The Morgan fingerprint density at radius 1 is 1.36 bits per heavy atom. The van der Waals surface area contributed by atoms with E-state index < -0.39 is 21.4 Å². The Hall–Kier alpha value is -1.15. The molecule has 1 aromatic rings. The highest BCUT2D eigenvalue weighted by molar-refractivity contribution is 7.89. The number of carboxylic acids is 1. The van der Waals surface area contributed by atoms with Crippen LogP contribution in [0.15, 0.2) is 29.2 Å². The second-order valence-electron chi connectivity index (χ2n) is 5.73. The van der Waals surface area contributed by atoms with Crippen molar-refractivity contribution in [3.63, 3.8) is 0 Å². The summed E-state index contributed by atoms with van der Waals surface area (Å²) in [6, 6.07) is 5.88. The zero-order chi connectivity index (χ0) is 16.0. The average molecular weight is 346 g/mol. The summed E-state index contributed by atoms with van der Waals surface area (Å²) in [6.45, 7) is 0.773. The SMILES string of the molecule is O=C(O)[C@]12CCOC[C@H]1CN(S(=O)(=O)c1ccc(Cl)cc1)C2. The van der Waals surface area contributed by atoms with E-state index in [1.54, 1.807) is 0 Å². The van der Waals surface area contributed by atoms with Crippen LogP contribution in [-0.4, -0.2) is 50.1 Å². The summed E-state index contributed by atoms with van der Waals surface area (Å²) < 4.78 is 32.0. The summed E-state index contributed by atoms with van der Waals surface area (Å²) in [6.07, 6.45) is 0.333. The number of hydrogen-bond donors (Lipinski definition) is 1. The summed E-state index contributed by atoms with van der Waals surface area (Å²) >= 11 is 5.78. The maximum absolute atomic E-state index is 12.7. The van der Waals surface area contributed by atoms with Crippen molar-refractivity contribution in [2.75, 3.05) is 26.3 Å². The molecule has 8 heteroatoms. The molecule has 6 nitrogen and oxygen atoms in total. The minimum absolute atomic E-state index is 0.0126. The lowest BCUT2D eigenvalue weighted by Crippen LogP contribution is -2.45. The molecule has 0 saturated carbocycles. The number of rotatable bonds is 3. The van der Waals surface area contributed by atoms with E-state index in [4.69, 9.17) is 16.3 Å². The summed E-state index contributed by atoms with van der Waals surface area (Å²) in [4.78, 5) is 11.8. The van der Waals surface area contributed by atoms with Crippen molar-refractivity contribution < 1.29 is 23.1 Å². The lowest BCUT2D eigenvalue weighted by Gasteiger charge is -2.34. The third-order valence-electron chi connectivity index (χ3n) is 4.55. The van der Waals surface area contributed by atoms with Gasteiger partial charge in [0.05, 0.1) is 16.9 Å². The van der Waals surface area contributed by atoms with Crippen LogP contribution < -0.4 is 0 Å². The van der Waals surface area contributed by atoms with Crippen LogP contribution >= 0.6 is 11.6 Å². The summed E-state index contributed by atoms with van der Waals surface area (Å²) in [5.41, 5.74) is -1.04. The van der Waals surface area contributed by atoms with E-state index in [1.807, 2.05) is 0 Å². The van der Waals surface area contributed by atoms with Gasteiger partial charge in [-0.15, -0.1) is 0 Å². The summed E-state index contributed by atoms with van der Waals surface area (Å²) in [5.74, 6) is -1.27. The molecule has 2 fully saturated rings. The van der Waals surface area contributed by atoms with Gasteiger partial charge >= 0.3 is 5.97 Å². The largest absolute Gasteiger partial charge is 0.481 e. The fourth-order valence-corrected chi connectivity index (χ4v) is 4.87. The van der Waals surface area contributed by atoms with Crippen LogP contribution in [0.1, 0.15) is 6.42 Å². The van der Waals surface area contributed by atoms with Gasteiger partial charge in [0, 0.05) is 30.6 Å². The fraction of sp³-hybridized carbons (Fsp3) is 0.500. The standard InChI is InChI=1S/C14H16ClNO5S/c15-11-1-3-12(4-2-11)22(19,20)16-7-10-8-21-6-5-14(10,9-16)13(17)18/h1-4,10H,5-9H2,(H,17,18)/t10-,14+/m1/s1. The highest BCUT2D eigenvalue weighted by atomic mass is 35.5. The van der Waals surface area contributed by atoms with Crippen LogP contribution in [0.25, 0.3) is 0 Å². The van der Waals surface area contributed by atoms with Crippen molar-refractivity contribution in [2.45, 2.75) is 11.3 Å². The molecule has 0 aliphatic carbocycles. The maximum Gasteiger partial charge on any atom is 0.311 e. The first-order valence-corrected chi connectivity index (χ1v) is 8.75. The molecule has 1 N–H and O–H groups in total. The minimum atomic E-state index is -3.73. The lowest BCUT2D eigenvalue weighted by molar-refractivity contribution is -0.157. The van der Waals surface area contributed by atoms with Gasteiger partial charge in [0.1, 0.15) is 0 Å². The third-order valence-corrected chi connectivity index (χ3v) is 6.63. The van der Waals surface area contributed by atoms with Gasteiger partial charge in [-0.2, -0.15) is 4.31 Å². The molecule has 2 aliphatic heterocycles. The number of carbonyl (C=O) groups is 1. The normalized spacial score (nSPS) is 29.2. The van der Waals surface area contributed by atoms with Gasteiger partial charge in [-0.25, -0.2) is 8.42 Å². The number of fused-ring (bicyclic) bond motifs is 1. The molecule has 2 aliphatic rings. The molecule has 1 aromatic carbocycles. The van der Waals surface area contributed by atoms with Gasteiger partial charge in [-0.1, -0.05) is 11.6 Å². The highest BCUT2D eigenvalue weighted by Crippen LogP contribution is 2.44. The van der Waals surface area contributed by atoms with Crippen molar-refractivity contribution >= 4 is 27.6 Å². The van der Waals surface area contributed by atoms with Gasteiger partial charge in [-0.05, 0) is 30.7 Å². The Morgan fingerprint density at radius 2 is 2.05 bits per heavy atom. The second-order valence-corrected chi connectivity index (χ2v) is 8.11. The molecule has 2 saturated heterocycles.